The zero-order valence-corrected chi connectivity index (χ0v) is 19.3. The summed E-state index contributed by atoms with van der Waals surface area (Å²) in [6.45, 7) is 5.52. The summed E-state index contributed by atoms with van der Waals surface area (Å²) in [5.74, 6) is 0. The summed E-state index contributed by atoms with van der Waals surface area (Å²) in [5, 5.41) is 0. The lowest BCUT2D eigenvalue weighted by atomic mass is 10.0. The van der Waals surface area contributed by atoms with E-state index < -0.39 is 11.4 Å². The monoisotopic (exact) mass is 404 g/mol. The molecule has 0 aromatic heterocycles. The standard InChI is InChI=1S/C23H48O3S/c1-3-5-7-8-9-10-11-12-13-14-15-16-17-18-19-21-23-26-27(24)25-22-20-6-4-2/h3-23H2,1-2H3/t27-/m0/s1. The molecule has 0 unspecified atom stereocenters. The summed E-state index contributed by atoms with van der Waals surface area (Å²) in [7, 11) is 0. The second-order valence-corrected chi connectivity index (χ2v) is 8.74. The number of hydrogen-bond donors (Lipinski definition) is 0. The second-order valence-electron chi connectivity index (χ2n) is 7.86. The Labute approximate surface area is 173 Å². The molecule has 0 heterocycles. The third kappa shape index (κ3) is 24.0. The van der Waals surface area contributed by atoms with Crippen molar-refractivity contribution in [2.75, 3.05) is 13.2 Å². The molecule has 0 amide bonds. The lowest BCUT2D eigenvalue weighted by Gasteiger charge is -2.05. The highest BCUT2D eigenvalue weighted by molar-refractivity contribution is 7.75. The first-order valence-corrected chi connectivity index (χ1v) is 13.0. The lowest BCUT2D eigenvalue weighted by Crippen LogP contribution is -2.04. The molecule has 0 fully saturated rings. The normalized spacial score (nSPS) is 12.5. The van der Waals surface area contributed by atoms with Gasteiger partial charge in [-0.25, -0.2) is 0 Å². The molecule has 0 aliphatic carbocycles. The first-order valence-electron chi connectivity index (χ1n) is 12.0. The van der Waals surface area contributed by atoms with E-state index in [4.69, 9.17) is 8.37 Å². The minimum atomic E-state index is -1.54. The fourth-order valence-electron chi connectivity index (χ4n) is 3.29. The van der Waals surface area contributed by atoms with Crippen LogP contribution in [-0.4, -0.2) is 17.4 Å². The van der Waals surface area contributed by atoms with Crippen LogP contribution in [0.2, 0.25) is 0 Å². The van der Waals surface area contributed by atoms with Crippen LogP contribution in [0.1, 0.15) is 136 Å². The number of hydrogen-bond acceptors (Lipinski definition) is 3. The Kier molecular flexibility index (Phi) is 24.2. The molecule has 0 N–H and O–H groups in total. The molecule has 0 aliphatic heterocycles. The molecule has 0 aliphatic rings. The van der Waals surface area contributed by atoms with E-state index in [-0.39, 0.29) is 0 Å². The maximum Gasteiger partial charge on any atom is 0.304 e. The summed E-state index contributed by atoms with van der Waals surface area (Å²) in [6.07, 6.45) is 25.0. The van der Waals surface area contributed by atoms with Gasteiger partial charge in [-0.3, -0.25) is 8.37 Å². The van der Waals surface area contributed by atoms with Crippen LogP contribution in [0.25, 0.3) is 0 Å². The first kappa shape index (κ1) is 27.1. The minimum Gasteiger partial charge on any atom is -0.268 e. The van der Waals surface area contributed by atoms with E-state index in [0.717, 1.165) is 25.7 Å². The molecule has 3 nitrogen and oxygen atoms in total. The van der Waals surface area contributed by atoms with Gasteiger partial charge in [0.2, 0.25) is 0 Å². The van der Waals surface area contributed by atoms with Crippen molar-refractivity contribution >= 4 is 11.4 Å². The van der Waals surface area contributed by atoms with Crippen LogP contribution in [0.15, 0.2) is 0 Å². The van der Waals surface area contributed by atoms with Crippen LogP contribution in [0.3, 0.4) is 0 Å². The van der Waals surface area contributed by atoms with Crippen molar-refractivity contribution in [1.82, 2.24) is 0 Å². The van der Waals surface area contributed by atoms with Crippen molar-refractivity contribution in [2.24, 2.45) is 0 Å². The van der Waals surface area contributed by atoms with Crippen LogP contribution in [-0.2, 0) is 19.7 Å². The lowest BCUT2D eigenvalue weighted by molar-refractivity contribution is 0.241. The Bertz CT molecular complexity index is 297. The predicted molar refractivity (Wildman–Crippen MR) is 119 cm³/mol. The van der Waals surface area contributed by atoms with Gasteiger partial charge in [0.05, 0.1) is 13.2 Å². The van der Waals surface area contributed by atoms with Gasteiger partial charge in [0, 0.05) is 0 Å². The van der Waals surface area contributed by atoms with Crippen molar-refractivity contribution in [3.8, 4) is 0 Å². The van der Waals surface area contributed by atoms with Gasteiger partial charge >= 0.3 is 11.4 Å². The topological polar surface area (TPSA) is 35.5 Å². The van der Waals surface area contributed by atoms with Gasteiger partial charge in [0.1, 0.15) is 0 Å². The van der Waals surface area contributed by atoms with Crippen LogP contribution in [0.4, 0.5) is 0 Å². The molecular formula is C23H48O3S. The third-order valence-electron chi connectivity index (χ3n) is 5.10. The molecule has 0 saturated heterocycles. The Hall–Kier alpha value is 0.0700. The quantitative estimate of drug-likeness (QED) is 0.162. The van der Waals surface area contributed by atoms with E-state index in [1.165, 1.54) is 96.3 Å². The van der Waals surface area contributed by atoms with E-state index in [1.807, 2.05) is 0 Å². The summed E-state index contributed by atoms with van der Waals surface area (Å²) >= 11 is -1.54. The van der Waals surface area contributed by atoms with Gasteiger partial charge in [0.15, 0.2) is 0 Å². The smallest absolute Gasteiger partial charge is 0.268 e. The van der Waals surface area contributed by atoms with Gasteiger partial charge < -0.3 is 0 Å². The molecule has 27 heavy (non-hydrogen) atoms. The summed E-state index contributed by atoms with van der Waals surface area (Å²) in [6, 6.07) is 0. The van der Waals surface area contributed by atoms with Crippen molar-refractivity contribution < 1.29 is 12.6 Å². The Morgan fingerprint density at radius 2 is 0.704 bits per heavy atom. The fourth-order valence-corrected chi connectivity index (χ4v) is 3.87. The van der Waals surface area contributed by atoms with E-state index in [2.05, 4.69) is 13.8 Å². The summed E-state index contributed by atoms with van der Waals surface area (Å²) < 4.78 is 21.7. The highest BCUT2D eigenvalue weighted by atomic mass is 32.2. The maximum atomic E-state index is 11.4. The second kappa shape index (κ2) is 24.1. The molecule has 0 bridgehead atoms. The van der Waals surface area contributed by atoms with Gasteiger partial charge in [-0.05, 0) is 12.8 Å². The Morgan fingerprint density at radius 1 is 0.444 bits per heavy atom. The fraction of sp³-hybridized carbons (Fsp3) is 1.00. The molecule has 0 aromatic rings. The van der Waals surface area contributed by atoms with Gasteiger partial charge in [-0.15, -0.1) is 0 Å². The third-order valence-corrected chi connectivity index (χ3v) is 5.82. The molecule has 1 atom stereocenters. The Morgan fingerprint density at radius 3 is 1.07 bits per heavy atom. The van der Waals surface area contributed by atoms with Crippen LogP contribution in [0, 0.1) is 0 Å². The van der Waals surface area contributed by atoms with E-state index >= 15 is 0 Å². The van der Waals surface area contributed by atoms with Crippen molar-refractivity contribution in [1.29, 1.82) is 0 Å². The van der Waals surface area contributed by atoms with Gasteiger partial charge in [-0.1, -0.05) is 123 Å². The molecule has 0 saturated carbocycles. The largest absolute Gasteiger partial charge is 0.304 e. The average Bonchev–Trinajstić information content (AvgIpc) is 2.67. The highest BCUT2D eigenvalue weighted by Gasteiger charge is 2.00. The Balaban J connectivity index is 3.07. The number of rotatable bonds is 23. The van der Waals surface area contributed by atoms with Crippen molar-refractivity contribution in [3.63, 3.8) is 0 Å². The maximum absolute atomic E-state index is 11.4. The van der Waals surface area contributed by atoms with Gasteiger partial charge in [0.25, 0.3) is 0 Å². The van der Waals surface area contributed by atoms with E-state index in [1.54, 1.807) is 0 Å². The van der Waals surface area contributed by atoms with Crippen LogP contribution >= 0.6 is 0 Å². The summed E-state index contributed by atoms with van der Waals surface area (Å²) in [5.41, 5.74) is 0. The number of unbranched alkanes of at least 4 members (excludes halogenated alkanes) is 17. The van der Waals surface area contributed by atoms with Crippen LogP contribution in [0.5, 0.6) is 0 Å². The van der Waals surface area contributed by atoms with Crippen LogP contribution < -0.4 is 0 Å². The minimum absolute atomic E-state index is 0.541. The highest BCUT2D eigenvalue weighted by Crippen LogP contribution is 2.13. The molecule has 4 heteroatoms. The molecule has 0 radical (unpaired) electrons. The van der Waals surface area contributed by atoms with Crippen molar-refractivity contribution in [2.45, 2.75) is 136 Å². The van der Waals surface area contributed by atoms with Gasteiger partial charge in [-0.2, -0.15) is 4.21 Å². The first-order chi connectivity index (χ1) is 13.3. The predicted octanol–water partition coefficient (Wildman–Crippen LogP) is 8.05. The van der Waals surface area contributed by atoms with E-state index in [0.29, 0.717) is 13.2 Å². The average molecular weight is 405 g/mol. The molecule has 0 aromatic carbocycles. The van der Waals surface area contributed by atoms with E-state index in [9.17, 15) is 4.21 Å². The molecular weight excluding hydrogens is 356 g/mol. The molecule has 0 spiro atoms. The van der Waals surface area contributed by atoms with Crippen molar-refractivity contribution in [3.05, 3.63) is 0 Å². The zero-order valence-electron chi connectivity index (χ0n) is 18.5. The summed E-state index contributed by atoms with van der Waals surface area (Å²) in [4.78, 5) is 0. The molecule has 164 valence electrons. The SMILES string of the molecule is CCCCCCCCCCCCCCCCCCO[S@@](=O)OCCCCC. The molecule has 0 rings (SSSR count). The zero-order chi connectivity index (χ0) is 19.8.